The molecule has 12 heavy (non-hydrogen) atoms. The van der Waals surface area contributed by atoms with Crippen LogP contribution < -0.4 is 5.73 Å². The predicted octanol–water partition coefficient (Wildman–Crippen LogP) is 0.536. The van der Waals surface area contributed by atoms with Crippen molar-refractivity contribution in [3.05, 3.63) is 0 Å². The molecule has 68 valence electrons. The van der Waals surface area contributed by atoms with Crippen LogP contribution in [0.15, 0.2) is 0 Å². The Morgan fingerprint density at radius 1 is 1.67 bits per heavy atom. The number of carbonyl (C=O) groups excluding carboxylic acids is 1. The summed E-state index contributed by atoms with van der Waals surface area (Å²) in [5, 5.41) is 0. The van der Waals surface area contributed by atoms with E-state index >= 15 is 0 Å². The maximum absolute atomic E-state index is 11.1. The van der Waals surface area contributed by atoms with E-state index in [2.05, 4.69) is 10.7 Å². The van der Waals surface area contributed by atoms with Gasteiger partial charge in [0.2, 0.25) is 0 Å². The fraction of sp³-hybridized carbons (Fsp3) is 0.667. The Kier molecular flexibility index (Phi) is 3.78. The fourth-order valence-electron chi connectivity index (χ4n) is 0.556. The van der Waals surface area contributed by atoms with Gasteiger partial charge in [0, 0.05) is 0 Å². The van der Waals surface area contributed by atoms with E-state index in [1.807, 2.05) is 20.8 Å². The van der Waals surface area contributed by atoms with Gasteiger partial charge in [-0.1, -0.05) is 26.7 Å². The van der Waals surface area contributed by atoms with Crippen molar-refractivity contribution in [1.29, 1.82) is 0 Å². The Hall–Kier alpha value is -1.01. The second-order valence-electron chi connectivity index (χ2n) is 3.66. The highest BCUT2D eigenvalue weighted by Crippen LogP contribution is 2.17. The van der Waals surface area contributed by atoms with Gasteiger partial charge >= 0.3 is 5.97 Å². The normalized spacial score (nSPS) is 13.2. The monoisotopic (exact) mass is 169 g/mol. The number of hydrogen-bond donors (Lipinski definition) is 1. The molecule has 0 amide bonds. The number of carbonyl (C=O) groups is 1. The van der Waals surface area contributed by atoms with Gasteiger partial charge < -0.3 is 10.5 Å². The molecule has 0 aromatic carbocycles. The first kappa shape index (κ1) is 11.0. The molecule has 0 aromatic rings. The summed E-state index contributed by atoms with van der Waals surface area (Å²) in [6, 6.07) is -0.620. The second-order valence-corrected chi connectivity index (χ2v) is 3.66. The van der Waals surface area contributed by atoms with Crippen LogP contribution in [-0.4, -0.2) is 18.6 Å². The molecular formula is C9H15NO2. The molecule has 3 heteroatoms. The Morgan fingerprint density at radius 3 is 2.50 bits per heavy atom. The third kappa shape index (κ3) is 3.40. The first-order chi connectivity index (χ1) is 5.39. The molecule has 0 aromatic heterocycles. The van der Waals surface area contributed by atoms with Crippen molar-refractivity contribution in [3.8, 4) is 12.3 Å². The SMILES string of the molecule is C#CCOC(=O)C(N)C(C)(C)C. The van der Waals surface area contributed by atoms with Gasteiger partial charge in [-0.15, -0.1) is 6.42 Å². The number of rotatable bonds is 2. The van der Waals surface area contributed by atoms with Crippen LogP contribution in [0.2, 0.25) is 0 Å². The van der Waals surface area contributed by atoms with Crippen LogP contribution >= 0.6 is 0 Å². The average molecular weight is 169 g/mol. The average Bonchev–Trinajstić information content (AvgIpc) is 1.97. The number of hydrogen-bond acceptors (Lipinski definition) is 3. The summed E-state index contributed by atoms with van der Waals surface area (Å²) in [6.07, 6.45) is 4.92. The lowest BCUT2D eigenvalue weighted by atomic mass is 9.87. The number of terminal acetylenes is 1. The van der Waals surface area contributed by atoms with E-state index < -0.39 is 12.0 Å². The minimum absolute atomic E-state index is 0.0113. The zero-order valence-corrected chi connectivity index (χ0v) is 7.76. The third-order valence-electron chi connectivity index (χ3n) is 1.48. The number of nitrogens with two attached hydrogens (primary N) is 1. The van der Waals surface area contributed by atoms with Crippen molar-refractivity contribution in [2.24, 2.45) is 11.1 Å². The summed E-state index contributed by atoms with van der Waals surface area (Å²) in [5.41, 5.74) is 5.31. The van der Waals surface area contributed by atoms with Crippen LogP contribution in [0.25, 0.3) is 0 Å². The van der Waals surface area contributed by atoms with Crippen LogP contribution in [0.4, 0.5) is 0 Å². The zero-order chi connectivity index (χ0) is 9.78. The van der Waals surface area contributed by atoms with E-state index in [4.69, 9.17) is 12.2 Å². The third-order valence-corrected chi connectivity index (χ3v) is 1.48. The lowest BCUT2D eigenvalue weighted by molar-refractivity contribution is -0.146. The Labute approximate surface area is 73.3 Å². The molecule has 0 radical (unpaired) electrons. The minimum Gasteiger partial charge on any atom is -0.451 e. The molecular weight excluding hydrogens is 154 g/mol. The van der Waals surface area contributed by atoms with Gasteiger partial charge in [-0.2, -0.15) is 0 Å². The van der Waals surface area contributed by atoms with Gasteiger partial charge in [0.25, 0.3) is 0 Å². The zero-order valence-electron chi connectivity index (χ0n) is 7.76. The van der Waals surface area contributed by atoms with E-state index in [9.17, 15) is 4.79 Å². The van der Waals surface area contributed by atoms with Crippen LogP contribution in [0.3, 0.4) is 0 Å². The van der Waals surface area contributed by atoms with Crippen molar-refractivity contribution in [2.45, 2.75) is 26.8 Å². The highest BCUT2D eigenvalue weighted by atomic mass is 16.5. The summed E-state index contributed by atoms with van der Waals surface area (Å²) in [4.78, 5) is 11.1. The maximum Gasteiger partial charge on any atom is 0.324 e. The molecule has 0 rings (SSSR count). The second kappa shape index (κ2) is 4.13. The van der Waals surface area contributed by atoms with E-state index in [-0.39, 0.29) is 12.0 Å². The lowest BCUT2D eigenvalue weighted by Crippen LogP contribution is -2.43. The van der Waals surface area contributed by atoms with Gasteiger partial charge in [-0.05, 0) is 5.41 Å². The van der Waals surface area contributed by atoms with Crippen LogP contribution in [0.1, 0.15) is 20.8 Å². The van der Waals surface area contributed by atoms with Crippen molar-refractivity contribution in [3.63, 3.8) is 0 Å². The van der Waals surface area contributed by atoms with E-state index in [0.717, 1.165) is 0 Å². The van der Waals surface area contributed by atoms with E-state index in [0.29, 0.717) is 0 Å². The molecule has 2 N–H and O–H groups in total. The summed E-state index contributed by atoms with van der Waals surface area (Å²) in [5.74, 6) is 1.76. The lowest BCUT2D eigenvalue weighted by Gasteiger charge is -2.24. The molecule has 0 aliphatic heterocycles. The molecule has 1 atom stereocenters. The summed E-state index contributed by atoms with van der Waals surface area (Å²) < 4.78 is 4.68. The number of ether oxygens (including phenoxy) is 1. The van der Waals surface area contributed by atoms with E-state index in [1.165, 1.54) is 0 Å². The molecule has 0 saturated carbocycles. The molecule has 0 aliphatic carbocycles. The molecule has 1 unspecified atom stereocenters. The summed E-state index contributed by atoms with van der Waals surface area (Å²) in [7, 11) is 0. The summed E-state index contributed by atoms with van der Waals surface area (Å²) in [6.45, 7) is 5.60. The van der Waals surface area contributed by atoms with Crippen LogP contribution in [-0.2, 0) is 9.53 Å². The van der Waals surface area contributed by atoms with Crippen molar-refractivity contribution < 1.29 is 9.53 Å². The highest BCUT2D eigenvalue weighted by molar-refractivity contribution is 5.76. The first-order valence-corrected chi connectivity index (χ1v) is 3.75. The Balaban J connectivity index is 4.04. The Bertz CT molecular complexity index is 198. The van der Waals surface area contributed by atoms with Crippen molar-refractivity contribution >= 4 is 5.97 Å². The van der Waals surface area contributed by atoms with Gasteiger partial charge in [0.05, 0.1) is 0 Å². The van der Waals surface area contributed by atoms with Gasteiger partial charge in [0.1, 0.15) is 6.04 Å². The largest absolute Gasteiger partial charge is 0.451 e. The quantitative estimate of drug-likeness (QED) is 0.485. The maximum atomic E-state index is 11.1. The molecule has 0 spiro atoms. The standard InChI is InChI=1S/C9H15NO2/c1-5-6-12-8(11)7(10)9(2,3)4/h1,7H,6,10H2,2-4H3. The van der Waals surface area contributed by atoms with Gasteiger partial charge in [-0.3, -0.25) is 4.79 Å². The number of esters is 1. The molecule has 0 aliphatic rings. The van der Waals surface area contributed by atoms with Crippen LogP contribution in [0.5, 0.6) is 0 Å². The predicted molar refractivity (Wildman–Crippen MR) is 47.2 cm³/mol. The highest BCUT2D eigenvalue weighted by Gasteiger charge is 2.28. The molecule has 3 nitrogen and oxygen atoms in total. The fourth-order valence-corrected chi connectivity index (χ4v) is 0.556. The first-order valence-electron chi connectivity index (χ1n) is 3.75. The van der Waals surface area contributed by atoms with Crippen molar-refractivity contribution in [1.82, 2.24) is 0 Å². The van der Waals surface area contributed by atoms with Crippen LogP contribution in [0, 0.1) is 17.8 Å². The Morgan fingerprint density at radius 2 is 2.17 bits per heavy atom. The molecule has 0 bridgehead atoms. The van der Waals surface area contributed by atoms with Crippen molar-refractivity contribution in [2.75, 3.05) is 6.61 Å². The summed E-state index contributed by atoms with van der Waals surface area (Å²) >= 11 is 0. The smallest absolute Gasteiger partial charge is 0.324 e. The van der Waals surface area contributed by atoms with Gasteiger partial charge in [-0.25, -0.2) is 0 Å². The topological polar surface area (TPSA) is 52.3 Å². The minimum atomic E-state index is -0.620. The molecule has 0 heterocycles. The van der Waals surface area contributed by atoms with E-state index in [1.54, 1.807) is 0 Å². The molecule has 0 fully saturated rings. The molecule has 0 saturated heterocycles. The van der Waals surface area contributed by atoms with Gasteiger partial charge in [0.15, 0.2) is 6.61 Å².